The Balaban J connectivity index is 2.38. The average molecular weight is 204 g/mol. The van der Waals surface area contributed by atoms with Crippen LogP contribution < -0.4 is 4.90 Å². The Kier molecular flexibility index (Phi) is 2.68. The fraction of sp³-hybridized carbons (Fsp3) is 0.615. The van der Waals surface area contributed by atoms with Gasteiger partial charge < -0.3 is 4.90 Å². The first kappa shape index (κ1) is 10.5. The number of hydrogen-bond acceptors (Lipinski definition) is 2. The molecule has 2 rings (SSSR count). The van der Waals surface area contributed by atoms with E-state index in [1.807, 2.05) is 12.3 Å². The summed E-state index contributed by atoms with van der Waals surface area (Å²) in [4.78, 5) is 6.99. The Morgan fingerprint density at radius 2 is 2.07 bits per heavy atom. The van der Waals surface area contributed by atoms with Crippen LogP contribution in [0, 0.1) is 5.92 Å². The zero-order valence-electron chi connectivity index (χ0n) is 10.1. The molecule has 82 valence electrons. The van der Waals surface area contributed by atoms with Gasteiger partial charge in [-0.1, -0.05) is 19.9 Å². The molecule has 2 nitrogen and oxygen atoms in total. The van der Waals surface area contributed by atoms with E-state index in [0.29, 0.717) is 18.0 Å². The highest BCUT2D eigenvalue weighted by Gasteiger charge is 2.33. The standard InChI is InChI=1S/C13H20N2/c1-9(2)12-8-11-6-5-7-14-13(11)15(12)10(3)4/h5-7,9-10,12H,8H2,1-4H3. The van der Waals surface area contributed by atoms with Gasteiger partial charge in [-0.05, 0) is 37.8 Å². The molecule has 1 atom stereocenters. The number of fused-ring (bicyclic) bond motifs is 1. The van der Waals surface area contributed by atoms with E-state index < -0.39 is 0 Å². The minimum absolute atomic E-state index is 0.536. The zero-order valence-corrected chi connectivity index (χ0v) is 10.1. The number of rotatable bonds is 2. The zero-order chi connectivity index (χ0) is 11.0. The second kappa shape index (κ2) is 3.84. The van der Waals surface area contributed by atoms with Crippen LogP contribution in [0.4, 0.5) is 5.82 Å². The van der Waals surface area contributed by atoms with Crippen LogP contribution in [-0.4, -0.2) is 17.1 Å². The van der Waals surface area contributed by atoms with Crippen LogP contribution in [0.15, 0.2) is 18.3 Å². The van der Waals surface area contributed by atoms with Gasteiger partial charge in [0.25, 0.3) is 0 Å². The van der Waals surface area contributed by atoms with Crippen molar-refractivity contribution in [2.45, 2.75) is 46.2 Å². The highest BCUT2D eigenvalue weighted by atomic mass is 15.3. The topological polar surface area (TPSA) is 16.1 Å². The molecule has 0 saturated carbocycles. The summed E-state index contributed by atoms with van der Waals surface area (Å²) in [5.74, 6) is 1.88. The van der Waals surface area contributed by atoms with Crippen LogP contribution in [0.2, 0.25) is 0 Å². The molecule has 0 spiro atoms. The maximum absolute atomic E-state index is 4.52. The number of pyridine rings is 1. The van der Waals surface area contributed by atoms with Gasteiger partial charge in [-0.25, -0.2) is 4.98 Å². The molecule has 15 heavy (non-hydrogen) atoms. The molecule has 0 saturated heterocycles. The SMILES string of the molecule is CC(C)C1Cc2cccnc2N1C(C)C. The van der Waals surface area contributed by atoms with E-state index in [-0.39, 0.29) is 0 Å². The van der Waals surface area contributed by atoms with Gasteiger partial charge in [0.1, 0.15) is 5.82 Å². The summed E-state index contributed by atoms with van der Waals surface area (Å²) >= 11 is 0. The van der Waals surface area contributed by atoms with Crippen molar-refractivity contribution in [2.24, 2.45) is 5.92 Å². The lowest BCUT2D eigenvalue weighted by Crippen LogP contribution is -2.41. The average Bonchev–Trinajstić information content (AvgIpc) is 2.56. The Hall–Kier alpha value is -1.05. The second-order valence-corrected chi connectivity index (χ2v) is 5.00. The largest absolute Gasteiger partial charge is 0.350 e. The summed E-state index contributed by atoms with van der Waals surface area (Å²) in [6.45, 7) is 9.09. The van der Waals surface area contributed by atoms with Crippen LogP contribution in [0.25, 0.3) is 0 Å². The van der Waals surface area contributed by atoms with Crippen molar-refractivity contribution < 1.29 is 0 Å². The fourth-order valence-corrected chi connectivity index (χ4v) is 2.49. The molecule has 2 heteroatoms. The molecule has 2 heterocycles. The van der Waals surface area contributed by atoms with Crippen molar-refractivity contribution in [3.8, 4) is 0 Å². The van der Waals surface area contributed by atoms with Crippen LogP contribution >= 0.6 is 0 Å². The van der Waals surface area contributed by atoms with Gasteiger partial charge in [-0.2, -0.15) is 0 Å². The summed E-state index contributed by atoms with van der Waals surface area (Å²) in [6.07, 6.45) is 3.05. The predicted molar refractivity (Wildman–Crippen MR) is 64.2 cm³/mol. The van der Waals surface area contributed by atoms with Crippen molar-refractivity contribution in [2.75, 3.05) is 4.90 Å². The molecular formula is C13H20N2. The van der Waals surface area contributed by atoms with E-state index in [1.54, 1.807) is 0 Å². The van der Waals surface area contributed by atoms with Gasteiger partial charge in [0.2, 0.25) is 0 Å². The van der Waals surface area contributed by atoms with E-state index in [1.165, 1.54) is 11.4 Å². The van der Waals surface area contributed by atoms with Gasteiger partial charge in [0.15, 0.2) is 0 Å². The summed E-state index contributed by atoms with van der Waals surface area (Å²) in [7, 11) is 0. The minimum atomic E-state index is 0.536. The molecule has 1 aliphatic heterocycles. The van der Waals surface area contributed by atoms with Crippen molar-refractivity contribution >= 4 is 5.82 Å². The maximum atomic E-state index is 4.52. The Morgan fingerprint density at radius 3 is 2.67 bits per heavy atom. The maximum Gasteiger partial charge on any atom is 0.132 e. The van der Waals surface area contributed by atoms with E-state index in [4.69, 9.17) is 0 Å². The molecule has 0 fully saturated rings. The molecule has 1 aromatic rings. The van der Waals surface area contributed by atoms with E-state index in [0.717, 1.165) is 6.42 Å². The molecule has 0 N–H and O–H groups in total. The third kappa shape index (κ3) is 1.73. The second-order valence-electron chi connectivity index (χ2n) is 5.00. The first-order valence-electron chi connectivity index (χ1n) is 5.83. The van der Waals surface area contributed by atoms with Crippen molar-refractivity contribution in [3.05, 3.63) is 23.9 Å². The van der Waals surface area contributed by atoms with Gasteiger partial charge in [-0.15, -0.1) is 0 Å². The lowest BCUT2D eigenvalue weighted by atomic mass is 9.99. The Bertz CT molecular complexity index is 344. The van der Waals surface area contributed by atoms with Gasteiger partial charge >= 0.3 is 0 Å². The molecule has 1 unspecified atom stereocenters. The number of nitrogens with zero attached hydrogens (tertiary/aromatic N) is 2. The van der Waals surface area contributed by atoms with Crippen molar-refractivity contribution in [3.63, 3.8) is 0 Å². The minimum Gasteiger partial charge on any atom is -0.350 e. The first-order valence-corrected chi connectivity index (χ1v) is 5.83. The predicted octanol–water partition coefficient (Wildman–Crippen LogP) is 2.88. The van der Waals surface area contributed by atoms with Crippen LogP contribution in [0.3, 0.4) is 0 Å². The molecule has 1 aliphatic rings. The molecule has 0 amide bonds. The third-order valence-corrected chi connectivity index (χ3v) is 3.22. The van der Waals surface area contributed by atoms with E-state index in [2.05, 4.69) is 43.6 Å². The monoisotopic (exact) mass is 204 g/mol. The van der Waals surface area contributed by atoms with Crippen LogP contribution in [0.5, 0.6) is 0 Å². The van der Waals surface area contributed by atoms with E-state index >= 15 is 0 Å². The number of anilines is 1. The quantitative estimate of drug-likeness (QED) is 0.736. The molecule has 0 aromatic carbocycles. The normalized spacial score (nSPS) is 20.1. The third-order valence-electron chi connectivity index (χ3n) is 3.22. The molecule has 0 aliphatic carbocycles. The van der Waals surface area contributed by atoms with Crippen molar-refractivity contribution in [1.82, 2.24) is 4.98 Å². The summed E-state index contributed by atoms with van der Waals surface area (Å²) in [5.41, 5.74) is 1.41. The van der Waals surface area contributed by atoms with E-state index in [9.17, 15) is 0 Å². The Morgan fingerprint density at radius 1 is 1.33 bits per heavy atom. The molecule has 0 radical (unpaired) electrons. The van der Waals surface area contributed by atoms with Crippen LogP contribution in [0.1, 0.15) is 33.3 Å². The molecule has 1 aromatic heterocycles. The number of hydrogen-bond donors (Lipinski definition) is 0. The lowest BCUT2D eigenvalue weighted by Gasteiger charge is -2.33. The lowest BCUT2D eigenvalue weighted by molar-refractivity contribution is 0.447. The molecular weight excluding hydrogens is 184 g/mol. The first-order chi connectivity index (χ1) is 7.11. The Labute approximate surface area is 92.3 Å². The highest BCUT2D eigenvalue weighted by molar-refractivity contribution is 5.54. The van der Waals surface area contributed by atoms with Crippen LogP contribution in [-0.2, 0) is 6.42 Å². The van der Waals surface area contributed by atoms with Crippen molar-refractivity contribution in [1.29, 1.82) is 0 Å². The summed E-state index contributed by atoms with van der Waals surface area (Å²) in [5, 5.41) is 0. The smallest absolute Gasteiger partial charge is 0.132 e. The molecule has 0 bridgehead atoms. The van der Waals surface area contributed by atoms with Gasteiger partial charge in [0, 0.05) is 18.3 Å². The number of aromatic nitrogens is 1. The summed E-state index contributed by atoms with van der Waals surface area (Å²) in [6, 6.07) is 5.41. The van der Waals surface area contributed by atoms with Gasteiger partial charge in [-0.3, -0.25) is 0 Å². The van der Waals surface area contributed by atoms with Gasteiger partial charge in [0.05, 0.1) is 0 Å². The fourth-order valence-electron chi connectivity index (χ4n) is 2.49. The summed E-state index contributed by atoms with van der Waals surface area (Å²) < 4.78 is 0. The highest BCUT2D eigenvalue weighted by Crippen LogP contribution is 2.34.